The van der Waals surface area contributed by atoms with Crippen LogP contribution in [0.25, 0.3) is 0 Å². The molecule has 0 aromatic carbocycles. The van der Waals surface area contributed by atoms with Gasteiger partial charge >= 0.3 is 5.66 Å². The highest BCUT2D eigenvalue weighted by atomic mass is 16.5. The van der Waals surface area contributed by atoms with Crippen LogP contribution in [0.3, 0.4) is 0 Å². The highest BCUT2D eigenvalue weighted by molar-refractivity contribution is 5.19. The lowest BCUT2D eigenvalue weighted by molar-refractivity contribution is -0.984. The van der Waals surface area contributed by atoms with Crippen LogP contribution in [0.2, 0.25) is 0 Å². The second-order valence-corrected chi connectivity index (χ2v) is 4.54. The van der Waals surface area contributed by atoms with Crippen molar-refractivity contribution in [3.05, 3.63) is 0 Å². The molecular formula is C12H15N6O+. The van der Waals surface area contributed by atoms with Crippen LogP contribution in [0.1, 0.15) is 0 Å². The number of morpholine rings is 1. The summed E-state index contributed by atoms with van der Waals surface area (Å²) in [4.78, 5) is 1.47. The van der Waals surface area contributed by atoms with Gasteiger partial charge in [-0.25, -0.2) is 4.90 Å². The number of hydrogen-bond acceptors (Lipinski definition) is 6. The second-order valence-electron chi connectivity index (χ2n) is 4.54. The Bertz CT molecular complexity index is 466. The average molecular weight is 259 g/mol. The van der Waals surface area contributed by atoms with Crippen molar-refractivity contribution in [2.75, 3.05) is 40.4 Å². The van der Waals surface area contributed by atoms with E-state index in [1.165, 1.54) is 4.90 Å². The van der Waals surface area contributed by atoms with Gasteiger partial charge in [0, 0.05) is 0 Å². The molecular weight excluding hydrogens is 244 g/mol. The van der Waals surface area contributed by atoms with Crippen molar-refractivity contribution in [2.24, 2.45) is 0 Å². The van der Waals surface area contributed by atoms with Crippen molar-refractivity contribution in [1.82, 2.24) is 4.90 Å². The number of nitriles is 4. The van der Waals surface area contributed by atoms with Gasteiger partial charge in [0.25, 0.3) is 6.04 Å². The zero-order valence-electron chi connectivity index (χ0n) is 11.0. The molecule has 7 heteroatoms. The Balaban J connectivity index is 3.49. The van der Waals surface area contributed by atoms with E-state index in [1.807, 2.05) is 24.3 Å². The molecule has 1 aliphatic rings. The molecule has 1 rings (SSSR count). The molecule has 1 heterocycles. The monoisotopic (exact) mass is 259 g/mol. The first-order chi connectivity index (χ1) is 9.04. The first-order valence-corrected chi connectivity index (χ1v) is 5.78. The van der Waals surface area contributed by atoms with Gasteiger partial charge in [0.15, 0.2) is 12.1 Å². The molecule has 0 aliphatic carbocycles. The third-order valence-electron chi connectivity index (χ3n) is 3.61. The number of ether oxygens (including phenoxy) is 1. The molecule has 98 valence electrons. The maximum atomic E-state index is 9.51. The molecule has 0 spiro atoms. The predicted octanol–water partition coefficient (Wildman–Crippen LogP) is -0.446. The minimum atomic E-state index is -1.57. The number of rotatable bonds is 3. The zero-order valence-corrected chi connectivity index (χ0v) is 11.0. The van der Waals surface area contributed by atoms with Gasteiger partial charge in [-0.1, -0.05) is 0 Å². The fraction of sp³-hybridized carbons (Fsp3) is 0.667. The summed E-state index contributed by atoms with van der Waals surface area (Å²) in [5.74, 6) is 0. The summed E-state index contributed by atoms with van der Waals surface area (Å²) in [5.41, 5.74) is -1.57. The largest absolute Gasteiger partial charge is 0.370 e. The SMILES string of the molecule is CN(C)C(C#N)(C#N)[N+]1(C(C#N)C#N)CCOCC1. The van der Waals surface area contributed by atoms with Gasteiger partial charge in [-0.2, -0.15) is 21.0 Å². The third kappa shape index (κ3) is 2.01. The summed E-state index contributed by atoms with van der Waals surface area (Å²) in [6, 6.07) is 6.76. The first kappa shape index (κ1) is 14.9. The summed E-state index contributed by atoms with van der Waals surface area (Å²) in [6.45, 7) is 1.20. The van der Waals surface area contributed by atoms with Crippen LogP contribution >= 0.6 is 0 Å². The third-order valence-corrected chi connectivity index (χ3v) is 3.61. The topological polar surface area (TPSA) is 108 Å². The van der Waals surface area contributed by atoms with Gasteiger partial charge < -0.3 is 4.74 Å². The van der Waals surface area contributed by atoms with Crippen LogP contribution in [0.4, 0.5) is 0 Å². The van der Waals surface area contributed by atoms with Gasteiger partial charge in [0.05, 0.1) is 13.2 Å². The molecule has 19 heavy (non-hydrogen) atoms. The maximum absolute atomic E-state index is 9.51. The van der Waals surface area contributed by atoms with Crippen molar-refractivity contribution in [3.8, 4) is 24.3 Å². The molecule has 0 saturated carbocycles. The standard InChI is InChI=1S/C12H15N6O/c1-17(2)12(9-15,10-16)18(11(7-13)8-14)3-5-19-6-4-18/h11H,3-6H2,1-2H3/q+1. The highest BCUT2D eigenvalue weighted by Gasteiger charge is 2.60. The lowest BCUT2D eigenvalue weighted by Crippen LogP contribution is -2.75. The Labute approximate surface area is 112 Å². The minimum Gasteiger partial charge on any atom is -0.370 e. The van der Waals surface area contributed by atoms with Gasteiger partial charge in [-0.15, -0.1) is 0 Å². The Morgan fingerprint density at radius 1 is 1.05 bits per heavy atom. The Morgan fingerprint density at radius 3 is 1.84 bits per heavy atom. The van der Waals surface area contributed by atoms with Crippen LogP contribution in [0, 0.1) is 45.3 Å². The van der Waals surface area contributed by atoms with Crippen molar-refractivity contribution in [1.29, 1.82) is 21.0 Å². The van der Waals surface area contributed by atoms with Gasteiger partial charge in [0.2, 0.25) is 0 Å². The summed E-state index contributed by atoms with van der Waals surface area (Å²) in [7, 11) is 3.21. The average Bonchev–Trinajstić information content (AvgIpc) is 2.42. The molecule has 0 atom stereocenters. The molecule has 0 unspecified atom stereocenters. The van der Waals surface area contributed by atoms with Gasteiger partial charge in [0.1, 0.15) is 25.2 Å². The summed E-state index contributed by atoms with van der Waals surface area (Å²) < 4.78 is 5.05. The summed E-state index contributed by atoms with van der Waals surface area (Å²) in [6.07, 6.45) is 0. The Hall–Kier alpha value is -2.16. The normalized spacial score (nSPS) is 18.1. The fourth-order valence-electron chi connectivity index (χ4n) is 2.51. The maximum Gasteiger partial charge on any atom is 0.333 e. The molecule has 0 amide bonds. The van der Waals surface area contributed by atoms with E-state index in [4.69, 9.17) is 4.74 Å². The zero-order chi connectivity index (χ0) is 14.5. The first-order valence-electron chi connectivity index (χ1n) is 5.78. The molecule has 0 aromatic heterocycles. The summed E-state index contributed by atoms with van der Waals surface area (Å²) in [5, 5.41) is 37.5. The van der Waals surface area contributed by atoms with E-state index in [0.717, 1.165) is 0 Å². The predicted molar refractivity (Wildman–Crippen MR) is 63.5 cm³/mol. The fourth-order valence-corrected chi connectivity index (χ4v) is 2.51. The lowest BCUT2D eigenvalue weighted by atomic mass is 10.0. The second kappa shape index (κ2) is 5.65. The van der Waals surface area contributed by atoms with E-state index < -0.39 is 11.7 Å². The minimum absolute atomic E-state index is 0.208. The van der Waals surface area contributed by atoms with Gasteiger partial charge in [-0.3, -0.25) is 4.48 Å². The summed E-state index contributed by atoms with van der Waals surface area (Å²) >= 11 is 0. The van der Waals surface area contributed by atoms with E-state index in [2.05, 4.69) is 0 Å². The van der Waals surface area contributed by atoms with Crippen LogP contribution < -0.4 is 0 Å². The van der Waals surface area contributed by atoms with E-state index in [0.29, 0.717) is 13.2 Å². The van der Waals surface area contributed by atoms with Crippen molar-refractivity contribution < 1.29 is 9.22 Å². The number of quaternary nitrogens is 1. The van der Waals surface area contributed by atoms with Gasteiger partial charge in [-0.05, 0) is 14.1 Å². The van der Waals surface area contributed by atoms with Crippen LogP contribution in [-0.2, 0) is 4.74 Å². The quantitative estimate of drug-likeness (QED) is 0.635. The molecule has 0 aromatic rings. The van der Waals surface area contributed by atoms with Crippen LogP contribution in [-0.4, -0.2) is 61.5 Å². The van der Waals surface area contributed by atoms with Crippen molar-refractivity contribution >= 4 is 0 Å². The highest BCUT2D eigenvalue weighted by Crippen LogP contribution is 2.31. The van der Waals surface area contributed by atoms with E-state index in [1.54, 1.807) is 14.1 Å². The van der Waals surface area contributed by atoms with Crippen LogP contribution in [0.5, 0.6) is 0 Å². The number of nitrogens with zero attached hydrogens (tertiary/aromatic N) is 6. The molecule has 0 bridgehead atoms. The molecule has 1 aliphatic heterocycles. The van der Waals surface area contributed by atoms with Crippen molar-refractivity contribution in [2.45, 2.75) is 11.7 Å². The smallest absolute Gasteiger partial charge is 0.333 e. The number of hydrogen-bond donors (Lipinski definition) is 0. The molecule has 7 nitrogen and oxygen atoms in total. The van der Waals surface area contributed by atoms with E-state index in [9.17, 15) is 21.0 Å². The van der Waals surface area contributed by atoms with Crippen LogP contribution in [0.15, 0.2) is 0 Å². The Kier molecular flexibility index (Phi) is 4.43. The van der Waals surface area contributed by atoms with E-state index >= 15 is 0 Å². The van der Waals surface area contributed by atoms with Crippen molar-refractivity contribution in [3.63, 3.8) is 0 Å². The molecule has 1 fully saturated rings. The molecule has 1 saturated heterocycles. The Morgan fingerprint density at radius 2 is 1.53 bits per heavy atom. The lowest BCUT2D eigenvalue weighted by Gasteiger charge is -2.50. The van der Waals surface area contributed by atoms with E-state index in [-0.39, 0.29) is 17.6 Å². The molecule has 0 radical (unpaired) electrons. The molecule has 0 N–H and O–H groups in total.